The number of rotatable bonds is 6. The summed E-state index contributed by atoms with van der Waals surface area (Å²) in [6, 6.07) is 0. The molecule has 1 atom stereocenters. The third-order valence-corrected chi connectivity index (χ3v) is 2.47. The molecule has 0 aromatic heterocycles. The molecule has 0 N–H and O–H groups in total. The summed E-state index contributed by atoms with van der Waals surface area (Å²) in [5, 5.41) is 9.53. The molecule has 23 heavy (non-hydrogen) atoms. The van der Waals surface area contributed by atoms with Crippen molar-refractivity contribution >= 4 is 0 Å². The van der Waals surface area contributed by atoms with Crippen molar-refractivity contribution in [3.8, 4) is 0 Å². The predicted octanol–water partition coefficient (Wildman–Crippen LogP) is 0.478. The van der Waals surface area contributed by atoms with Crippen LogP contribution in [0.4, 0.5) is 57.1 Å². The van der Waals surface area contributed by atoms with E-state index >= 15 is 0 Å². The van der Waals surface area contributed by atoms with Gasteiger partial charge < -0.3 is 5.11 Å². The van der Waals surface area contributed by atoms with Crippen LogP contribution in [0.1, 0.15) is 6.92 Å². The summed E-state index contributed by atoms with van der Waals surface area (Å²) < 4.78 is 162. The normalized spacial score (nSPS) is 16.8. The van der Waals surface area contributed by atoms with E-state index in [2.05, 4.69) is 0 Å². The summed E-state index contributed by atoms with van der Waals surface area (Å²) in [5.74, 6) is -37.6. The first-order chi connectivity index (χ1) is 9.19. The fraction of sp³-hybridized carbons (Fsp3) is 1.00. The molecule has 1 unspecified atom stereocenters. The molecule has 0 amide bonds. The van der Waals surface area contributed by atoms with Crippen molar-refractivity contribution in [3.63, 3.8) is 0 Å². The van der Waals surface area contributed by atoms with Gasteiger partial charge in [0.2, 0.25) is 0 Å². The molecule has 0 radical (unpaired) electrons. The van der Waals surface area contributed by atoms with E-state index in [1.54, 1.807) is 0 Å². The van der Waals surface area contributed by atoms with Crippen LogP contribution < -0.4 is 56.5 Å². The van der Waals surface area contributed by atoms with Gasteiger partial charge >= 0.3 is 81.0 Å². The summed E-state index contributed by atoms with van der Waals surface area (Å²) in [6.45, 7) is -0.498. The van der Waals surface area contributed by atoms with Crippen molar-refractivity contribution in [2.75, 3.05) is 0 Å². The van der Waals surface area contributed by atoms with Gasteiger partial charge in [-0.2, -0.15) is 43.9 Å². The van der Waals surface area contributed by atoms with E-state index in [1.165, 1.54) is 0 Å². The Balaban J connectivity index is 0. The van der Waals surface area contributed by atoms with Gasteiger partial charge in [0.15, 0.2) is 6.17 Å². The fourth-order valence-electron chi connectivity index (χ4n) is 1.04. The van der Waals surface area contributed by atoms with Crippen LogP contribution >= 0.6 is 0 Å². The molecule has 0 spiro atoms. The second-order valence-corrected chi connectivity index (χ2v) is 4.05. The topological polar surface area (TPSA) is 23.1 Å². The molecule has 0 fully saturated rings. The number of hydrogen-bond acceptors (Lipinski definition) is 1. The Hall–Kier alpha value is 0.686. The summed E-state index contributed by atoms with van der Waals surface area (Å²) in [7, 11) is 0. The van der Waals surface area contributed by atoms with Crippen molar-refractivity contribution in [2.24, 2.45) is 0 Å². The number of halogens is 13. The molecule has 0 heterocycles. The molecule has 134 valence electrons. The van der Waals surface area contributed by atoms with E-state index in [-0.39, 0.29) is 51.4 Å². The van der Waals surface area contributed by atoms with Crippen LogP contribution in [-0.4, -0.2) is 41.9 Å². The van der Waals surface area contributed by atoms with E-state index in [9.17, 15) is 62.2 Å². The van der Waals surface area contributed by atoms with Gasteiger partial charge in [0.1, 0.15) is 0 Å². The first kappa shape index (κ1) is 25.9. The molecule has 0 aliphatic carbocycles. The molecule has 1 nitrogen and oxygen atoms in total. The number of alkyl halides is 13. The van der Waals surface area contributed by atoms with Crippen LogP contribution in [0.25, 0.3) is 0 Å². The van der Waals surface area contributed by atoms with Gasteiger partial charge in [0, 0.05) is 0 Å². The molecule has 0 aliphatic rings. The van der Waals surface area contributed by atoms with Gasteiger partial charge in [-0.1, -0.05) is 0 Å². The van der Waals surface area contributed by atoms with Gasteiger partial charge in [0.05, 0.1) is 0 Å². The molecule has 0 aliphatic heterocycles. The SMILES string of the molecule is CC(F)C(F)(F)C(F)(F)C(F)(F)C(F)(F)C(F)(F)C([O-])(F)F.[K+]. The molecule has 0 saturated carbocycles. The molecule has 0 saturated heterocycles. The van der Waals surface area contributed by atoms with Gasteiger partial charge in [-0.25, -0.2) is 13.2 Å². The minimum atomic E-state index is -7.92. The zero-order valence-corrected chi connectivity index (χ0v) is 14.0. The van der Waals surface area contributed by atoms with Gasteiger partial charge in [-0.3, -0.25) is 0 Å². The van der Waals surface area contributed by atoms with Crippen molar-refractivity contribution < 1.29 is 114 Å². The maximum atomic E-state index is 12.8. The van der Waals surface area contributed by atoms with E-state index in [0.717, 1.165) is 0 Å². The molecule has 15 heteroatoms. The van der Waals surface area contributed by atoms with Gasteiger partial charge in [-0.05, 0) is 6.92 Å². The van der Waals surface area contributed by atoms with Crippen molar-refractivity contribution in [3.05, 3.63) is 0 Å². The summed E-state index contributed by atoms with van der Waals surface area (Å²) >= 11 is 0. The van der Waals surface area contributed by atoms with Gasteiger partial charge in [0.25, 0.3) is 6.11 Å². The molecule has 0 aromatic rings. The molecular formula is C8H4F13KO. The fourth-order valence-corrected chi connectivity index (χ4v) is 1.04. The summed E-state index contributed by atoms with van der Waals surface area (Å²) in [6.07, 6.45) is -11.5. The zero-order chi connectivity index (χ0) is 18.6. The molecule has 0 rings (SSSR count). The maximum absolute atomic E-state index is 12.8. The van der Waals surface area contributed by atoms with Crippen LogP contribution in [0.2, 0.25) is 0 Å². The third kappa shape index (κ3) is 3.63. The minimum Gasteiger partial charge on any atom is -0.793 e. The standard InChI is InChI=1S/C8H4F13O.K/c1-2(9)3(10,11)4(12,13)5(14,15)6(16,17)7(18,19)8(20,21)22;/h2H,1H3;/q-1;+1. The van der Waals surface area contributed by atoms with E-state index < -0.39 is 48.8 Å². The maximum Gasteiger partial charge on any atom is 1.00 e. The van der Waals surface area contributed by atoms with Crippen LogP contribution in [0.5, 0.6) is 0 Å². The molecule has 0 aromatic carbocycles. The van der Waals surface area contributed by atoms with Crippen LogP contribution in [-0.2, 0) is 0 Å². The average Bonchev–Trinajstić information content (AvgIpc) is 2.25. The van der Waals surface area contributed by atoms with Crippen molar-refractivity contribution in [1.29, 1.82) is 0 Å². The Morgan fingerprint density at radius 1 is 0.609 bits per heavy atom. The molecule has 0 bridgehead atoms. The Bertz CT molecular complexity index is 413. The van der Waals surface area contributed by atoms with Crippen molar-refractivity contribution in [2.45, 2.75) is 48.8 Å². The smallest absolute Gasteiger partial charge is 0.793 e. The first-order valence-electron chi connectivity index (χ1n) is 4.81. The quantitative estimate of drug-likeness (QED) is 0.469. The third-order valence-electron chi connectivity index (χ3n) is 2.47. The second-order valence-electron chi connectivity index (χ2n) is 4.05. The minimum absolute atomic E-state index is 0. The summed E-state index contributed by atoms with van der Waals surface area (Å²) in [4.78, 5) is 0. The van der Waals surface area contributed by atoms with E-state index in [4.69, 9.17) is 0 Å². The Morgan fingerprint density at radius 2 is 0.870 bits per heavy atom. The Morgan fingerprint density at radius 3 is 1.09 bits per heavy atom. The van der Waals surface area contributed by atoms with Crippen LogP contribution in [0.15, 0.2) is 0 Å². The average molecular weight is 402 g/mol. The van der Waals surface area contributed by atoms with Crippen molar-refractivity contribution in [1.82, 2.24) is 0 Å². The second kappa shape index (κ2) is 6.77. The monoisotopic (exact) mass is 402 g/mol. The molecular weight excluding hydrogens is 398 g/mol. The van der Waals surface area contributed by atoms with Crippen LogP contribution in [0, 0.1) is 0 Å². The number of hydrogen-bond donors (Lipinski definition) is 0. The largest absolute Gasteiger partial charge is 1.00 e. The Labute approximate surface area is 161 Å². The van der Waals surface area contributed by atoms with Gasteiger partial charge in [-0.15, -0.1) is 0 Å². The Kier molecular flexibility index (Phi) is 7.63. The predicted molar refractivity (Wildman–Crippen MR) is 40.3 cm³/mol. The summed E-state index contributed by atoms with van der Waals surface area (Å²) in [5.41, 5.74) is 0. The van der Waals surface area contributed by atoms with E-state index in [0.29, 0.717) is 0 Å². The zero-order valence-electron chi connectivity index (χ0n) is 10.9. The van der Waals surface area contributed by atoms with E-state index in [1.807, 2.05) is 0 Å². The van der Waals surface area contributed by atoms with Crippen LogP contribution in [0.3, 0.4) is 0 Å². The first-order valence-corrected chi connectivity index (χ1v) is 4.81.